The van der Waals surface area contributed by atoms with Crippen molar-refractivity contribution >= 4 is 27.5 Å². The molecule has 108 valence electrons. The van der Waals surface area contributed by atoms with Gasteiger partial charge in [-0.3, -0.25) is 9.59 Å². The van der Waals surface area contributed by atoms with Crippen LogP contribution >= 0.6 is 15.9 Å². The van der Waals surface area contributed by atoms with Crippen molar-refractivity contribution in [3.63, 3.8) is 0 Å². The van der Waals surface area contributed by atoms with Gasteiger partial charge >= 0.3 is 0 Å². The minimum atomic E-state index is -0.398. The van der Waals surface area contributed by atoms with Crippen molar-refractivity contribution in [3.8, 4) is 5.75 Å². The topological polar surface area (TPSA) is 60.3 Å². The minimum Gasteiger partial charge on any atom is -0.492 e. The Labute approximate surface area is 129 Å². The Bertz CT molecular complexity index is 770. The van der Waals surface area contributed by atoms with E-state index in [4.69, 9.17) is 4.74 Å². The van der Waals surface area contributed by atoms with Crippen molar-refractivity contribution in [1.82, 2.24) is 4.57 Å². The molecule has 1 aliphatic rings. The van der Waals surface area contributed by atoms with Crippen LogP contribution in [0.3, 0.4) is 0 Å². The van der Waals surface area contributed by atoms with Crippen molar-refractivity contribution in [2.24, 2.45) is 7.05 Å². The first-order valence-corrected chi connectivity index (χ1v) is 7.24. The summed E-state index contributed by atoms with van der Waals surface area (Å²) in [6.07, 6.45) is 1.64. The Morgan fingerprint density at radius 3 is 3.00 bits per heavy atom. The Morgan fingerprint density at radius 2 is 2.19 bits per heavy atom. The third-order valence-corrected chi connectivity index (χ3v) is 3.86. The SMILES string of the molecule is Cn1cc(Br)cc(NC(=O)[C@H]2COc3ccccc32)c1=O. The standard InChI is InChI=1S/C15H13BrN2O3/c1-18-7-9(16)6-12(15(18)20)17-14(19)11-8-21-13-5-3-2-4-10(11)13/h2-7,11H,8H2,1H3,(H,17,19)/t11-/m0/s1. The summed E-state index contributed by atoms with van der Waals surface area (Å²) < 4.78 is 7.63. The molecule has 6 heteroatoms. The van der Waals surface area contributed by atoms with Crippen LogP contribution in [-0.2, 0) is 11.8 Å². The predicted molar refractivity (Wildman–Crippen MR) is 82.7 cm³/mol. The minimum absolute atomic E-state index is 0.241. The van der Waals surface area contributed by atoms with E-state index in [-0.39, 0.29) is 17.2 Å². The lowest BCUT2D eigenvalue weighted by atomic mass is 10.0. The van der Waals surface area contributed by atoms with Gasteiger partial charge in [-0.15, -0.1) is 0 Å². The summed E-state index contributed by atoms with van der Waals surface area (Å²) in [6, 6.07) is 9.03. The van der Waals surface area contributed by atoms with E-state index in [1.54, 1.807) is 19.3 Å². The molecule has 1 amide bonds. The van der Waals surface area contributed by atoms with Gasteiger partial charge in [0.2, 0.25) is 5.91 Å². The maximum Gasteiger partial charge on any atom is 0.274 e. The Morgan fingerprint density at radius 1 is 1.43 bits per heavy atom. The third kappa shape index (κ3) is 2.58. The molecule has 1 aliphatic heterocycles. The van der Waals surface area contributed by atoms with Crippen LogP contribution in [0.5, 0.6) is 5.75 Å². The van der Waals surface area contributed by atoms with Gasteiger partial charge in [0.25, 0.3) is 5.56 Å². The molecule has 3 rings (SSSR count). The molecule has 1 aromatic heterocycles. The average Bonchev–Trinajstić information content (AvgIpc) is 2.88. The molecule has 1 N–H and O–H groups in total. The van der Waals surface area contributed by atoms with E-state index in [9.17, 15) is 9.59 Å². The van der Waals surface area contributed by atoms with Gasteiger partial charge in [-0.2, -0.15) is 0 Å². The summed E-state index contributed by atoms with van der Waals surface area (Å²) in [7, 11) is 1.64. The highest BCUT2D eigenvalue weighted by Crippen LogP contribution is 2.34. The number of hydrogen-bond acceptors (Lipinski definition) is 3. The summed E-state index contributed by atoms with van der Waals surface area (Å²) in [4.78, 5) is 24.4. The molecule has 0 bridgehead atoms. The molecule has 0 fully saturated rings. The van der Waals surface area contributed by atoms with Crippen LogP contribution in [0.25, 0.3) is 0 Å². The van der Waals surface area contributed by atoms with E-state index in [0.717, 1.165) is 15.8 Å². The number of amides is 1. The number of carbonyl (C=O) groups excluding carboxylic acids is 1. The fraction of sp³-hybridized carbons (Fsp3) is 0.200. The Balaban J connectivity index is 1.87. The quantitative estimate of drug-likeness (QED) is 0.905. The van der Waals surface area contributed by atoms with E-state index in [2.05, 4.69) is 21.2 Å². The number of fused-ring (bicyclic) bond motifs is 1. The number of aromatic nitrogens is 1. The highest BCUT2D eigenvalue weighted by atomic mass is 79.9. The maximum absolute atomic E-state index is 12.4. The zero-order chi connectivity index (χ0) is 15.0. The number of rotatable bonds is 2. The predicted octanol–water partition coefficient (Wildman–Crippen LogP) is 2.26. The highest BCUT2D eigenvalue weighted by molar-refractivity contribution is 9.10. The zero-order valence-corrected chi connectivity index (χ0v) is 12.9. The van der Waals surface area contributed by atoms with Crippen LogP contribution in [0.2, 0.25) is 0 Å². The van der Waals surface area contributed by atoms with Gasteiger partial charge in [-0.25, -0.2) is 0 Å². The van der Waals surface area contributed by atoms with E-state index in [1.807, 2.05) is 24.3 Å². The number of ether oxygens (including phenoxy) is 1. The lowest BCUT2D eigenvalue weighted by molar-refractivity contribution is -0.117. The van der Waals surface area contributed by atoms with Gasteiger partial charge in [0.1, 0.15) is 24.0 Å². The summed E-state index contributed by atoms with van der Waals surface area (Å²) in [5, 5.41) is 2.69. The van der Waals surface area contributed by atoms with Crippen LogP contribution in [0, 0.1) is 0 Å². The second-order valence-electron chi connectivity index (χ2n) is 4.88. The number of pyridine rings is 1. The number of hydrogen-bond donors (Lipinski definition) is 1. The molecular weight excluding hydrogens is 336 g/mol. The smallest absolute Gasteiger partial charge is 0.274 e. The molecule has 0 aliphatic carbocycles. The number of anilines is 1. The average molecular weight is 349 g/mol. The second kappa shape index (κ2) is 5.37. The molecule has 0 radical (unpaired) electrons. The Kier molecular flexibility index (Phi) is 3.55. The van der Waals surface area contributed by atoms with Gasteiger partial charge in [0.05, 0.1) is 0 Å². The second-order valence-corrected chi connectivity index (χ2v) is 5.79. The van der Waals surface area contributed by atoms with E-state index in [1.165, 1.54) is 4.57 Å². The highest BCUT2D eigenvalue weighted by Gasteiger charge is 2.30. The first kappa shape index (κ1) is 13.9. The molecule has 0 saturated carbocycles. The molecule has 0 spiro atoms. The zero-order valence-electron chi connectivity index (χ0n) is 11.3. The van der Waals surface area contributed by atoms with Crippen molar-refractivity contribution in [2.45, 2.75) is 5.92 Å². The number of nitrogens with one attached hydrogen (secondary N) is 1. The van der Waals surface area contributed by atoms with Crippen LogP contribution in [0.4, 0.5) is 5.69 Å². The van der Waals surface area contributed by atoms with Gasteiger partial charge in [0.15, 0.2) is 0 Å². The van der Waals surface area contributed by atoms with E-state index < -0.39 is 5.92 Å². The molecule has 5 nitrogen and oxygen atoms in total. The van der Waals surface area contributed by atoms with Gasteiger partial charge < -0.3 is 14.6 Å². The molecule has 0 saturated heterocycles. The molecule has 2 heterocycles. The number of benzene rings is 1. The number of para-hydroxylation sites is 1. The summed E-state index contributed by atoms with van der Waals surface area (Å²) >= 11 is 3.31. The first-order chi connectivity index (χ1) is 10.1. The van der Waals surface area contributed by atoms with Crippen molar-refractivity contribution in [1.29, 1.82) is 0 Å². The largest absolute Gasteiger partial charge is 0.492 e. The van der Waals surface area contributed by atoms with Gasteiger partial charge in [-0.05, 0) is 28.1 Å². The van der Waals surface area contributed by atoms with Crippen molar-refractivity contribution in [3.05, 3.63) is 56.9 Å². The fourth-order valence-corrected chi connectivity index (χ4v) is 2.90. The van der Waals surface area contributed by atoms with Crippen LogP contribution < -0.4 is 15.6 Å². The molecule has 21 heavy (non-hydrogen) atoms. The number of carbonyl (C=O) groups is 1. The molecule has 0 unspecified atom stereocenters. The Hall–Kier alpha value is -2.08. The monoisotopic (exact) mass is 348 g/mol. The van der Waals surface area contributed by atoms with E-state index in [0.29, 0.717) is 6.61 Å². The normalized spacial score (nSPS) is 16.2. The molecule has 2 aromatic rings. The number of halogens is 1. The van der Waals surface area contributed by atoms with Crippen LogP contribution in [0.1, 0.15) is 11.5 Å². The summed E-state index contributed by atoms with van der Waals surface area (Å²) in [5.41, 5.74) is 0.849. The van der Waals surface area contributed by atoms with Crippen molar-refractivity contribution < 1.29 is 9.53 Å². The van der Waals surface area contributed by atoms with Crippen LogP contribution in [0.15, 0.2) is 45.8 Å². The van der Waals surface area contributed by atoms with Crippen LogP contribution in [-0.4, -0.2) is 17.1 Å². The van der Waals surface area contributed by atoms with E-state index >= 15 is 0 Å². The number of nitrogens with zero attached hydrogens (tertiary/aromatic N) is 1. The molecular formula is C15H13BrN2O3. The lowest BCUT2D eigenvalue weighted by Gasteiger charge is -2.11. The summed E-state index contributed by atoms with van der Waals surface area (Å²) in [5.74, 6) is 0.0832. The number of aryl methyl sites for hydroxylation is 1. The first-order valence-electron chi connectivity index (χ1n) is 6.45. The van der Waals surface area contributed by atoms with Gasteiger partial charge in [0, 0.05) is 23.3 Å². The summed E-state index contributed by atoms with van der Waals surface area (Å²) in [6.45, 7) is 0.291. The molecule has 1 atom stereocenters. The third-order valence-electron chi connectivity index (χ3n) is 3.42. The maximum atomic E-state index is 12.4. The molecule has 1 aromatic carbocycles. The fourth-order valence-electron chi connectivity index (χ4n) is 2.36. The van der Waals surface area contributed by atoms with Crippen molar-refractivity contribution in [2.75, 3.05) is 11.9 Å². The lowest BCUT2D eigenvalue weighted by Crippen LogP contribution is -2.28. The van der Waals surface area contributed by atoms with Gasteiger partial charge in [-0.1, -0.05) is 18.2 Å².